The van der Waals surface area contributed by atoms with Crippen molar-refractivity contribution in [3.63, 3.8) is 0 Å². The summed E-state index contributed by atoms with van der Waals surface area (Å²) >= 11 is 0. The van der Waals surface area contributed by atoms with Crippen molar-refractivity contribution in [1.82, 2.24) is 0 Å². The molecule has 4 fully saturated rings. The van der Waals surface area contributed by atoms with Crippen LogP contribution >= 0.6 is 0 Å². The molecule has 0 amide bonds. The lowest BCUT2D eigenvalue weighted by Crippen LogP contribution is -2.63. The first kappa shape index (κ1) is 12.2. The molecule has 0 aromatic rings. The largest absolute Gasteiger partial charge is 0.459 e. The number of ether oxygens (including phenoxy) is 2. The van der Waals surface area contributed by atoms with Gasteiger partial charge in [0, 0.05) is 11.3 Å². The van der Waals surface area contributed by atoms with Crippen LogP contribution in [0.5, 0.6) is 0 Å². The molecular formula is C15H22O4. The molecule has 2 saturated carbocycles. The highest BCUT2D eigenvalue weighted by atomic mass is 16.7. The fourth-order valence-electron chi connectivity index (χ4n) is 5.35. The third-order valence-electron chi connectivity index (χ3n) is 6.61. The van der Waals surface area contributed by atoms with Crippen LogP contribution in [0.15, 0.2) is 0 Å². The van der Waals surface area contributed by atoms with Gasteiger partial charge >= 0.3 is 5.97 Å². The first-order chi connectivity index (χ1) is 8.86. The molecule has 2 aliphatic heterocycles. The van der Waals surface area contributed by atoms with Gasteiger partial charge in [-0.05, 0) is 32.6 Å². The molecule has 4 nitrogen and oxygen atoms in total. The molecule has 0 unspecified atom stereocenters. The summed E-state index contributed by atoms with van der Waals surface area (Å²) in [6, 6.07) is 0. The molecule has 0 radical (unpaired) electrons. The standard InChI is InChI=1S/C15H22O4/c1-8-9-7-10(16)13(2)5-4-6-14(3)15(13,19-14)11(9)18-12(8)17/h8-11,16H,4-7H2,1-3H3/t8-,9+,10+,11-,13-,14-,15+/m1/s1. The second-order valence-electron chi connectivity index (χ2n) is 7.40. The smallest absolute Gasteiger partial charge is 0.309 e. The van der Waals surface area contributed by atoms with Crippen molar-refractivity contribution in [3.05, 3.63) is 0 Å². The van der Waals surface area contributed by atoms with Crippen molar-refractivity contribution in [3.8, 4) is 0 Å². The summed E-state index contributed by atoms with van der Waals surface area (Å²) in [5.74, 6) is -0.131. The van der Waals surface area contributed by atoms with Crippen LogP contribution in [-0.2, 0) is 14.3 Å². The molecule has 2 saturated heterocycles. The van der Waals surface area contributed by atoms with Gasteiger partial charge < -0.3 is 14.6 Å². The Bertz CT molecular complexity index is 463. The van der Waals surface area contributed by atoms with Gasteiger partial charge in [0.1, 0.15) is 11.7 Å². The number of rotatable bonds is 0. The molecule has 4 heteroatoms. The Labute approximate surface area is 113 Å². The molecule has 106 valence electrons. The average molecular weight is 266 g/mol. The Hall–Kier alpha value is -0.610. The Morgan fingerprint density at radius 1 is 1.32 bits per heavy atom. The summed E-state index contributed by atoms with van der Waals surface area (Å²) in [5.41, 5.74) is -0.929. The zero-order valence-corrected chi connectivity index (χ0v) is 11.8. The Kier molecular flexibility index (Phi) is 2.03. The van der Waals surface area contributed by atoms with Crippen LogP contribution in [0.4, 0.5) is 0 Å². The Balaban J connectivity index is 1.83. The molecule has 0 bridgehead atoms. The van der Waals surface area contributed by atoms with Crippen molar-refractivity contribution < 1.29 is 19.4 Å². The van der Waals surface area contributed by atoms with E-state index in [-0.39, 0.29) is 34.9 Å². The minimum absolute atomic E-state index is 0.107. The van der Waals surface area contributed by atoms with Gasteiger partial charge in [-0.2, -0.15) is 0 Å². The van der Waals surface area contributed by atoms with Crippen molar-refractivity contribution in [2.75, 3.05) is 0 Å². The molecule has 7 atom stereocenters. The summed E-state index contributed by atoms with van der Waals surface area (Å²) in [4.78, 5) is 11.9. The Morgan fingerprint density at radius 2 is 2.05 bits per heavy atom. The number of hydrogen-bond acceptors (Lipinski definition) is 4. The van der Waals surface area contributed by atoms with Crippen molar-refractivity contribution in [2.45, 2.75) is 69.9 Å². The monoisotopic (exact) mass is 266 g/mol. The van der Waals surface area contributed by atoms with Crippen LogP contribution in [0.25, 0.3) is 0 Å². The molecule has 0 aromatic carbocycles. The normalized spacial score (nSPS) is 62.8. The van der Waals surface area contributed by atoms with E-state index in [0.717, 1.165) is 19.3 Å². The number of aliphatic hydroxyl groups excluding tert-OH is 1. The number of carbonyl (C=O) groups is 1. The number of hydrogen-bond donors (Lipinski definition) is 1. The molecule has 1 spiro atoms. The summed E-state index contributed by atoms with van der Waals surface area (Å²) in [6.07, 6.45) is 3.15. The van der Waals surface area contributed by atoms with Crippen LogP contribution in [0.1, 0.15) is 46.5 Å². The van der Waals surface area contributed by atoms with E-state index in [1.807, 2.05) is 6.92 Å². The SMILES string of the molecule is C[C@H]1C(=O)O[C@@H]2[C@H]1C[C@H](O)[C@@]1(C)CCC[C@@]3(C)O[C@]231. The number of fused-ring (bicyclic) bond motifs is 1. The van der Waals surface area contributed by atoms with Crippen LogP contribution < -0.4 is 0 Å². The Morgan fingerprint density at radius 3 is 2.79 bits per heavy atom. The van der Waals surface area contributed by atoms with Crippen LogP contribution in [-0.4, -0.2) is 34.5 Å². The zero-order valence-electron chi connectivity index (χ0n) is 11.8. The third kappa shape index (κ3) is 1.09. The molecule has 4 aliphatic rings. The van der Waals surface area contributed by atoms with Gasteiger partial charge in [-0.3, -0.25) is 4.79 Å². The van der Waals surface area contributed by atoms with Gasteiger partial charge in [-0.1, -0.05) is 13.8 Å². The predicted octanol–water partition coefficient (Wildman–Crippen LogP) is 1.65. The van der Waals surface area contributed by atoms with Gasteiger partial charge in [0.2, 0.25) is 0 Å². The molecule has 2 aliphatic carbocycles. The average Bonchev–Trinajstić information content (AvgIpc) is 2.90. The zero-order chi connectivity index (χ0) is 13.6. The highest BCUT2D eigenvalue weighted by Crippen LogP contribution is 2.73. The van der Waals surface area contributed by atoms with Gasteiger partial charge in [0.05, 0.1) is 17.6 Å². The van der Waals surface area contributed by atoms with Crippen LogP contribution in [0, 0.1) is 17.3 Å². The maximum atomic E-state index is 11.9. The number of epoxide rings is 1. The van der Waals surface area contributed by atoms with E-state index in [2.05, 4.69) is 13.8 Å². The van der Waals surface area contributed by atoms with E-state index in [4.69, 9.17) is 9.47 Å². The van der Waals surface area contributed by atoms with Crippen molar-refractivity contribution in [2.24, 2.45) is 17.3 Å². The lowest BCUT2D eigenvalue weighted by Gasteiger charge is -2.51. The topological polar surface area (TPSA) is 59.1 Å². The number of carbonyl (C=O) groups excluding carboxylic acids is 1. The summed E-state index contributed by atoms with van der Waals surface area (Å²) in [6.45, 7) is 6.16. The second kappa shape index (κ2) is 3.17. The van der Waals surface area contributed by atoms with E-state index in [1.54, 1.807) is 0 Å². The van der Waals surface area contributed by atoms with Crippen LogP contribution in [0.3, 0.4) is 0 Å². The van der Waals surface area contributed by atoms with Gasteiger partial charge in [0.25, 0.3) is 0 Å². The van der Waals surface area contributed by atoms with Gasteiger partial charge in [-0.25, -0.2) is 0 Å². The van der Waals surface area contributed by atoms with E-state index >= 15 is 0 Å². The maximum absolute atomic E-state index is 11.9. The lowest BCUT2D eigenvalue weighted by atomic mass is 9.52. The number of esters is 1. The highest BCUT2D eigenvalue weighted by Gasteiger charge is 2.85. The minimum Gasteiger partial charge on any atom is -0.459 e. The van der Waals surface area contributed by atoms with Crippen molar-refractivity contribution >= 4 is 5.97 Å². The first-order valence-electron chi connectivity index (χ1n) is 7.44. The van der Waals surface area contributed by atoms with Crippen molar-refractivity contribution in [1.29, 1.82) is 0 Å². The minimum atomic E-state index is -0.443. The highest BCUT2D eigenvalue weighted by molar-refractivity contribution is 5.75. The number of aliphatic hydroxyl groups is 1. The molecule has 0 aromatic heterocycles. The molecular weight excluding hydrogens is 244 g/mol. The van der Waals surface area contributed by atoms with E-state index in [9.17, 15) is 9.90 Å². The second-order valence-corrected chi connectivity index (χ2v) is 7.40. The lowest BCUT2D eigenvalue weighted by molar-refractivity contribution is -0.162. The molecule has 1 N–H and O–H groups in total. The summed E-state index contributed by atoms with van der Waals surface area (Å²) in [7, 11) is 0. The molecule has 19 heavy (non-hydrogen) atoms. The molecule has 4 rings (SSSR count). The summed E-state index contributed by atoms with van der Waals surface area (Å²) < 4.78 is 11.9. The molecule has 2 heterocycles. The first-order valence-corrected chi connectivity index (χ1v) is 7.44. The summed E-state index contributed by atoms with van der Waals surface area (Å²) in [5, 5.41) is 10.7. The van der Waals surface area contributed by atoms with E-state index in [1.165, 1.54) is 0 Å². The fraction of sp³-hybridized carbons (Fsp3) is 0.933. The third-order valence-corrected chi connectivity index (χ3v) is 6.61. The van der Waals surface area contributed by atoms with Gasteiger partial charge in [-0.15, -0.1) is 0 Å². The maximum Gasteiger partial charge on any atom is 0.309 e. The fourth-order valence-corrected chi connectivity index (χ4v) is 5.35. The van der Waals surface area contributed by atoms with E-state index in [0.29, 0.717) is 6.42 Å². The quantitative estimate of drug-likeness (QED) is 0.535. The van der Waals surface area contributed by atoms with Gasteiger partial charge in [0.15, 0.2) is 0 Å². The van der Waals surface area contributed by atoms with Crippen LogP contribution in [0.2, 0.25) is 0 Å². The van der Waals surface area contributed by atoms with E-state index < -0.39 is 11.7 Å². The predicted molar refractivity (Wildman–Crippen MR) is 67.3 cm³/mol.